The average Bonchev–Trinajstić information content (AvgIpc) is 3.42. The summed E-state index contributed by atoms with van der Waals surface area (Å²) >= 11 is 0. The Bertz CT molecular complexity index is 1190. The van der Waals surface area contributed by atoms with Crippen LogP contribution in [0.3, 0.4) is 0 Å². The third kappa shape index (κ3) is 61.6. The van der Waals surface area contributed by atoms with Crippen molar-refractivity contribution >= 4 is 11.9 Å². The first kappa shape index (κ1) is 74.3. The molecule has 0 bridgehead atoms. The van der Waals surface area contributed by atoms with E-state index >= 15 is 0 Å². The third-order valence-electron chi connectivity index (χ3n) is 16.2. The van der Waals surface area contributed by atoms with Crippen molar-refractivity contribution in [1.82, 2.24) is 5.32 Å². The molecule has 0 aliphatic heterocycles. The van der Waals surface area contributed by atoms with Crippen molar-refractivity contribution in [3.05, 3.63) is 24.3 Å². The molecule has 0 rings (SSSR count). The van der Waals surface area contributed by atoms with Crippen LogP contribution in [0.5, 0.6) is 0 Å². The van der Waals surface area contributed by atoms with Crippen LogP contribution in [-0.2, 0) is 14.3 Å². The number of ether oxygens (including phenoxy) is 1. The number of aliphatic hydroxyl groups excluding tert-OH is 2. The van der Waals surface area contributed by atoms with E-state index < -0.39 is 12.1 Å². The van der Waals surface area contributed by atoms with E-state index in [9.17, 15) is 19.8 Å². The molecular weight excluding hydrogens is 935 g/mol. The number of carbonyl (C=O) groups excluding carboxylic acids is 2. The number of esters is 1. The fraction of sp³-hybridized carbons (Fsp3) is 0.914. The third-order valence-corrected chi connectivity index (χ3v) is 16.2. The number of rotatable bonds is 65. The molecule has 0 aromatic carbocycles. The minimum absolute atomic E-state index is 0.0117. The number of carbonyl (C=O) groups is 2. The Morgan fingerprint density at radius 3 is 0.934 bits per heavy atom. The van der Waals surface area contributed by atoms with E-state index in [1.54, 1.807) is 6.08 Å². The molecular formula is C70H135NO5. The van der Waals surface area contributed by atoms with E-state index in [0.717, 1.165) is 44.9 Å². The van der Waals surface area contributed by atoms with Crippen LogP contribution in [0.15, 0.2) is 24.3 Å². The summed E-state index contributed by atoms with van der Waals surface area (Å²) < 4.78 is 5.49. The maximum atomic E-state index is 12.5. The molecule has 3 N–H and O–H groups in total. The van der Waals surface area contributed by atoms with Crippen LogP contribution < -0.4 is 5.32 Å². The monoisotopic (exact) mass is 1070 g/mol. The molecule has 0 saturated heterocycles. The smallest absolute Gasteiger partial charge is 0.305 e. The van der Waals surface area contributed by atoms with Crippen molar-refractivity contribution in [3.63, 3.8) is 0 Å². The topological polar surface area (TPSA) is 95.9 Å². The highest BCUT2D eigenvalue weighted by molar-refractivity contribution is 5.76. The van der Waals surface area contributed by atoms with E-state index in [1.807, 2.05) is 6.08 Å². The molecule has 0 aromatic rings. The Hall–Kier alpha value is -1.66. The summed E-state index contributed by atoms with van der Waals surface area (Å²) in [6.45, 7) is 4.93. The van der Waals surface area contributed by atoms with Gasteiger partial charge in [-0.15, -0.1) is 0 Å². The summed E-state index contributed by atoms with van der Waals surface area (Å²) in [4.78, 5) is 24.5. The number of nitrogens with one attached hydrogen (secondary N) is 1. The van der Waals surface area contributed by atoms with Crippen LogP contribution in [0.1, 0.15) is 386 Å². The Labute approximate surface area is 475 Å². The van der Waals surface area contributed by atoms with Gasteiger partial charge in [-0.1, -0.05) is 340 Å². The highest BCUT2D eigenvalue weighted by Crippen LogP contribution is 2.19. The molecule has 6 heteroatoms. The summed E-state index contributed by atoms with van der Waals surface area (Å²) in [6.07, 6.45) is 82.5. The van der Waals surface area contributed by atoms with Gasteiger partial charge in [-0.05, 0) is 57.8 Å². The summed E-state index contributed by atoms with van der Waals surface area (Å²) in [5, 5.41) is 23.2. The summed E-state index contributed by atoms with van der Waals surface area (Å²) in [7, 11) is 0. The van der Waals surface area contributed by atoms with Gasteiger partial charge in [-0.2, -0.15) is 0 Å². The molecule has 0 heterocycles. The van der Waals surface area contributed by atoms with E-state index in [4.69, 9.17) is 4.74 Å². The lowest BCUT2D eigenvalue weighted by Crippen LogP contribution is -2.45. The first-order valence-corrected chi connectivity index (χ1v) is 34.6. The second-order valence-electron chi connectivity index (χ2n) is 23.9. The number of hydrogen-bond acceptors (Lipinski definition) is 5. The molecule has 1 amide bonds. The fourth-order valence-electron chi connectivity index (χ4n) is 10.9. The molecule has 2 atom stereocenters. The number of unbranched alkanes of at least 4 members (excludes halogenated alkanes) is 52. The molecule has 0 aliphatic rings. The van der Waals surface area contributed by atoms with Gasteiger partial charge in [0.2, 0.25) is 5.91 Å². The molecule has 2 unspecified atom stereocenters. The second-order valence-corrected chi connectivity index (χ2v) is 23.9. The molecule has 0 radical (unpaired) electrons. The van der Waals surface area contributed by atoms with Crippen molar-refractivity contribution in [2.75, 3.05) is 13.2 Å². The van der Waals surface area contributed by atoms with Crippen LogP contribution in [0, 0.1) is 0 Å². The Morgan fingerprint density at radius 1 is 0.355 bits per heavy atom. The van der Waals surface area contributed by atoms with Gasteiger partial charge in [0.15, 0.2) is 0 Å². The molecule has 0 aliphatic carbocycles. The number of aliphatic hydroxyl groups is 2. The zero-order valence-electron chi connectivity index (χ0n) is 51.5. The molecule has 0 aromatic heterocycles. The van der Waals surface area contributed by atoms with Gasteiger partial charge in [0, 0.05) is 12.8 Å². The van der Waals surface area contributed by atoms with Gasteiger partial charge in [-0.25, -0.2) is 0 Å². The normalized spacial score (nSPS) is 12.6. The first-order chi connectivity index (χ1) is 37.5. The van der Waals surface area contributed by atoms with Crippen molar-refractivity contribution in [2.24, 2.45) is 0 Å². The Balaban J connectivity index is 3.34. The second kappa shape index (κ2) is 65.9. The maximum absolute atomic E-state index is 12.5. The van der Waals surface area contributed by atoms with Gasteiger partial charge >= 0.3 is 5.97 Å². The summed E-state index contributed by atoms with van der Waals surface area (Å²) in [6, 6.07) is -0.624. The van der Waals surface area contributed by atoms with Gasteiger partial charge < -0.3 is 20.3 Å². The fourth-order valence-corrected chi connectivity index (χ4v) is 10.9. The quantitative estimate of drug-likeness (QED) is 0.0320. The number of hydrogen-bond donors (Lipinski definition) is 3. The van der Waals surface area contributed by atoms with Gasteiger partial charge in [-0.3, -0.25) is 9.59 Å². The van der Waals surface area contributed by atoms with Crippen LogP contribution in [0.4, 0.5) is 0 Å². The number of amides is 1. The predicted molar refractivity (Wildman–Crippen MR) is 333 cm³/mol. The highest BCUT2D eigenvalue weighted by atomic mass is 16.5. The lowest BCUT2D eigenvalue weighted by Gasteiger charge is -2.20. The zero-order valence-corrected chi connectivity index (χ0v) is 51.5. The minimum Gasteiger partial charge on any atom is -0.466 e. The average molecular weight is 1070 g/mol. The molecule has 0 fully saturated rings. The zero-order chi connectivity index (χ0) is 55.0. The van der Waals surface area contributed by atoms with Gasteiger partial charge in [0.25, 0.3) is 0 Å². The molecule has 76 heavy (non-hydrogen) atoms. The maximum Gasteiger partial charge on any atom is 0.305 e. The Kier molecular flexibility index (Phi) is 64.4. The van der Waals surface area contributed by atoms with Crippen LogP contribution in [0.25, 0.3) is 0 Å². The van der Waals surface area contributed by atoms with E-state index in [2.05, 4.69) is 31.3 Å². The van der Waals surface area contributed by atoms with Crippen molar-refractivity contribution < 1.29 is 24.5 Å². The minimum atomic E-state index is -0.841. The summed E-state index contributed by atoms with van der Waals surface area (Å²) in [5.41, 5.74) is 0. The van der Waals surface area contributed by atoms with E-state index in [-0.39, 0.29) is 18.5 Å². The lowest BCUT2D eigenvalue weighted by molar-refractivity contribution is -0.143. The van der Waals surface area contributed by atoms with Crippen LogP contribution >= 0.6 is 0 Å². The highest BCUT2D eigenvalue weighted by Gasteiger charge is 2.18. The SMILES string of the molecule is CCCCCCCC/C=C\CCCCCCCC(=O)OCCCCCCCCCCCCCCCCCCCCCCCCCCCCCCCC(=O)NC(CO)C(O)/C=C/CCCCCCCCCCCCCCC. The Morgan fingerprint density at radius 2 is 0.618 bits per heavy atom. The number of allylic oxidation sites excluding steroid dienone is 3. The molecule has 450 valence electrons. The largest absolute Gasteiger partial charge is 0.466 e. The van der Waals surface area contributed by atoms with Gasteiger partial charge in [0.05, 0.1) is 25.4 Å². The summed E-state index contributed by atoms with van der Waals surface area (Å²) in [5.74, 6) is -0.0504. The molecule has 0 spiro atoms. The van der Waals surface area contributed by atoms with Crippen molar-refractivity contribution in [1.29, 1.82) is 0 Å². The predicted octanol–water partition coefficient (Wildman–Crippen LogP) is 22.1. The van der Waals surface area contributed by atoms with E-state index in [0.29, 0.717) is 19.4 Å². The molecule has 0 saturated carbocycles. The van der Waals surface area contributed by atoms with E-state index in [1.165, 1.54) is 315 Å². The molecule has 6 nitrogen and oxygen atoms in total. The van der Waals surface area contributed by atoms with Crippen LogP contribution in [-0.4, -0.2) is 47.4 Å². The van der Waals surface area contributed by atoms with Crippen LogP contribution in [0.2, 0.25) is 0 Å². The van der Waals surface area contributed by atoms with Crippen molar-refractivity contribution in [2.45, 2.75) is 398 Å². The van der Waals surface area contributed by atoms with Gasteiger partial charge in [0.1, 0.15) is 0 Å². The standard InChI is InChI=1S/C70H135NO5/c1-3-5-7-9-11-13-15-17-34-38-42-46-50-54-58-62-68(73)67(66-72)71-69(74)63-59-55-51-47-43-39-36-32-30-28-26-24-22-20-19-21-23-25-27-29-31-33-37-41-45-49-53-57-61-65-76-70(75)64-60-56-52-48-44-40-35-18-16-14-12-10-8-6-4-2/h18,35,58,62,67-68,72-73H,3-17,19-34,36-57,59-61,63-66H2,1-2H3,(H,71,74)/b35-18-,62-58+. The lowest BCUT2D eigenvalue weighted by atomic mass is 10.0. The van der Waals surface area contributed by atoms with Crippen molar-refractivity contribution in [3.8, 4) is 0 Å². The first-order valence-electron chi connectivity index (χ1n) is 34.6.